The lowest BCUT2D eigenvalue weighted by Crippen LogP contribution is -2.55. The molecule has 126 valence electrons. The fourth-order valence-electron chi connectivity index (χ4n) is 4.25. The largest absolute Gasteiger partial charge is 0.329 e. The van der Waals surface area contributed by atoms with Gasteiger partial charge in [0.05, 0.1) is 0 Å². The van der Waals surface area contributed by atoms with Gasteiger partial charge in [0, 0.05) is 18.6 Å². The third-order valence-electron chi connectivity index (χ3n) is 6.21. The highest BCUT2D eigenvalue weighted by molar-refractivity contribution is 4.95. The normalized spacial score (nSPS) is 27.6. The van der Waals surface area contributed by atoms with Crippen molar-refractivity contribution in [1.82, 2.24) is 4.90 Å². The molecule has 0 radical (unpaired) electrons. The summed E-state index contributed by atoms with van der Waals surface area (Å²) < 4.78 is 0. The zero-order valence-corrected chi connectivity index (χ0v) is 15.3. The summed E-state index contributed by atoms with van der Waals surface area (Å²) in [6.07, 6.45) is 9.33. The van der Waals surface area contributed by atoms with E-state index in [-0.39, 0.29) is 5.54 Å². The van der Waals surface area contributed by atoms with Gasteiger partial charge in [-0.3, -0.25) is 4.90 Å². The maximum Gasteiger partial charge on any atom is 0.0331 e. The summed E-state index contributed by atoms with van der Waals surface area (Å²) in [6.45, 7) is 15.0. The molecule has 0 aromatic heterocycles. The molecule has 0 aromatic rings. The number of hydrogen-bond acceptors (Lipinski definition) is 2. The summed E-state index contributed by atoms with van der Waals surface area (Å²) in [6, 6.07) is 0. The highest BCUT2D eigenvalue weighted by atomic mass is 15.2. The fraction of sp³-hybridized carbons (Fsp3) is 1.00. The lowest BCUT2D eigenvalue weighted by Gasteiger charge is -2.44. The molecule has 0 amide bonds. The molecule has 2 unspecified atom stereocenters. The molecule has 21 heavy (non-hydrogen) atoms. The average Bonchev–Trinajstić information content (AvgIpc) is 2.72. The predicted molar refractivity (Wildman–Crippen MR) is 94.5 cm³/mol. The molecular formula is C19H40N2. The summed E-state index contributed by atoms with van der Waals surface area (Å²) in [7, 11) is 0. The molecule has 1 rings (SSSR count). The first kappa shape index (κ1) is 19.0. The Morgan fingerprint density at radius 1 is 1.10 bits per heavy atom. The first-order valence-corrected chi connectivity index (χ1v) is 9.48. The van der Waals surface area contributed by atoms with Gasteiger partial charge < -0.3 is 5.73 Å². The SMILES string of the molecule is CCC(CC)CN(CC)C1(CN)CCCC(C(C)C)CC1. The van der Waals surface area contributed by atoms with Crippen LogP contribution < -0.4 is 5.73 Å². The Hall–Kier alpha value is -0.0800. The van der Waals surface area contributed by atoms with E-state index in [1.807, 2.05) is 0 Å². The van der Waals surface area contributed by atoms with Crippen molar-refractivity contribution in [2.24, 2.45) is 23.5 Å². The van der Waals surface area contributed by atoms with Crippen molar-refractivity contribution in [3.05, 3.63) is 0 Å². The molecule has 0 aliphatic heterocycles. The van der Waals surface area contributed by atoms with Gasteiger partial charge in [0.25, 0.3) is 0 Å². The lowest BCUT2D eigenvalue weighted by molar-refractivity contribution is 0.0633. The average molecular weight is 297 g/mol. The molecule has 0 heterocycles. The standard InChI is InChI=1S/C19H40N2/c1-6-17(7-2)14-21(8-3)19(15-20)12-9-10-18(11-13-19)16(4)5/h16-18H,6-15,20H2,1-5H3. The molecule has 1 aliphatic carbocycles. The van der Waals surface area contributed by atoms with Crippen molar-refractivity contribution in [3.8, 4) is 0 Å². The Balaban J connectivity index is 2.80. The highest BCUT2D eigenvalue weighted by Gasteiger charge is 2.37. The number of nitrogens with zero attached hydrogens (tertiary/aromatic N) is 1. The van der Waals surface area contributed by atoms with E-state index in [2.05, 4.69) is 39.5 Å². The molecule has 1 aliphatic rings. The molecule has 2 nitrogen and oxygen atoms in total. The minimum atomic E-state index is 0.279. The summed E-state index contributed by atoms with van der Waals surface area (Å²) in [5, 5.41) is 0. The number of rotatable bonds is 8. The van der Waals surface area contributed by atoms with Crippen LogP contribution in [0.15, 0.2) is 0 Å². The second-order valence-corrected chi connectivity index (χ2v) is 7.58. The molecule has 0 bridgehead atoms. The third kappa shape index (κ3) is 4.96. The van der Waals surface area contributed by atoms with Gasteiger partial charge in [-0.2, -0.15) is 0 Å². The summed E-state index contributed by atoms with van der Waals surface area (Å²) >= 11 is 0. The van der Waals surface area contributed by atoms with E-state index in [9.17, 15) is 0 Å². The van der Waals surface area contributed by atoms with E-state index in [0.717, 1.165) is 30.8 Å². The van der Waals surface area contributed by atoms with E-state index in [1.54, 1.807) is 0 Å². The van der Waals surface area contributed by atoms with Crippen LogP contribution in [0.5, 0.6) is 0 Å². The van der Waals surface area contributed by atoms with Crippen LogP contribution in [0.2, 0.25) is 0 Å². The molecular weight excluding hydrogens is 256 g/mol. The lowest BCUT2D eigenvalue weighted by atomic mass is 9.84. The minimum absolute atomic E-state index is 0.279. The van der Waals surface area contributed by atoms with Crippen molar-refractivity contribution in [2.75, 3.05) is 19.6 Å². The maximum atomic E-state index is 6.32. The molecule has 0 saturated heterocycles. The van der Waals surface area contributed by atoms with E-state index in [0.29, 0.717) is 0 Å². The summed E-state index contributed by atoms with van der Waals surface area (Å²) in [5.41, 5.74) is 6.60. The first-order chi connectivity index (χ1) is 10.0. The highest BCUT2D eigenvalue weighted by Crippen LogP contribution is 2.37. The number of nitrogens with two attached hydrogens (primary N) is 1. The van der Waals surface area contributed by atoms with Gasteiger partial charge in [0.2, 0.25) is 0 Å². The van der Waals surface area contributed by atoms with Gasteiger partial charge in [0.15, 0.2) is 0 Å². The summed E-state index contributed by atoms with van der Waals surface area (Å²) in [5.74, 6) is 2.57. The summed E-state index contributed by atoms with van der Waals surface area (Å²) in [4.78, 5) is 2.74. The van der Waals surface area contributed by atoms with Crippen molar-refractivity contribution in [2.45, 2.75) is 85.1 Å². The van der Waals surface area contributed by atoms with Gasteiger partial charge in [-0.15, -0.1) is 0 Å². The second-order valence-electron chi connectivity index (χ2n) is 7.58. The molecule has 0 spiro atoms. The van der Waals surface area contributed by atoms with Crippen LogP contribution in [0.25, 0.3) is 0 Å². The van der Waals surface area contributed by atoms with Gasteiger partial charge in [-0.05, 0) is 43.6 Å². The smallest absolute Gasteiger partial charge is 0.0331 e. The van der Waals surface area contributed by atoms with Crippen LogP contribution in [0.3, 0.4) is 0 Å². The van der Waals surface area contributed by atoms with E-state index < -0.39 is 0 Å². The Morgan fingerprint density at radius 2 is 1.76 bits per heavy atom. The van der Waals surface area contributed by atoms with Gasteiger partial charge in [-0.1, -0.05) is 60.3 Å². The van der Waals surface area contributed by atoms with Crippen LogP contribution >= 0.6 is 0 Å². The van der Waals surface area contributed by atoms with Crippen LogP contribution in [0.4, 0.5) is 0 Å². The molecule has 1 fully saturated rings. The maximum absolute atomic E-state index is 6.32. The fourth-order valence-corrected chi connectivity index (χ4v) is 4.25. The van der Waals surface area contributed by atoms with Gasteiger partial charge >= 0.3 is 0 Å². The van der Waals surface area contributed by atoms with Crippen LogP contribution in [0, 0.1) is 17.8 Å². The first-order valence-electron chi connectivity index (χ1n) is 9.48. The van der Waals surface area contributed by atoms with Crippen molar-refractivity contribution in [1.29, 1.82) is 0 Å². The Labute approximate surface area is 133 Å². The van der Waals surface area contributed by atoms with E-state index in [1.165, 1.54) is 51.5 Å². The van der Waals surface area contributed by atoms with Crippen molar-refractivity contribution in [3.63, 3.8) is 0 Å². The van der Waals surface area contributed by atoms with Crippen LogP contribution in [-0.2, 0) is 0 Å². The van der Waals surface area contributed by atoms with Crippen molar-refractivity contribution < 1.29 is 0 Å². The molecule has 2 atom stereocenters. The Morgan fingerprint density at radius 3 is 2.24 bits per heavy atom. The van der Waals surface area contributed by atoms with E-state index in [4.69, 9.17) is 5.73 Å². The monoisotopic (exact) mass is 296 g/mol. The second kappa shape index (κ2) is 9.15. The van der Waals surface area contributed by atoms with Gasteiger partial charge in [0.1, 0.15) is 0 Å². The Kier molecular flexibility index (Phi) is 8.26. The molecule has 2 N–H and O–H groups in total. The third-order valence-corrected chi connectivity index (χ3v) is 6.21. The van der Waals surface area contributed by atoms with Crippen molar-refractivity contribution >= 4 is 0 Å². The molecule has 1 saturated carbocycles. The molecule has 2 heteroatoms. The molecule has 0 aromatic carbocycles. The zero-order valence-electron chi connectivity index (χ0n) is 15.3. The topological polar surface area (TPSA) is 29.3 Å². The van der Waals surface area contributed by atoms with Crippen LogP contribution in [-0.4, -0.2) is 30.1 Å². The number of hydrogen-bond donors (Lipinski definition) is 1. The van der Waals surface area contributed by atoms with Gasteiger partial charge in [-0.25, -0.2) is 0 Å². The quantitative estimate of drug-likeness (QED) is 0.659. The minimum Gasteiger partial charge on any atom is -0.329 e. The van der Waals surface area contributed by atoms with Crippen LogP contribution in [0.1, 0.15) is 79.6 Å². The van der Waals surface area contributed by atoms with E-state index >= 15 is 0 Å². The zero-order chi connectivity index (χ0) is 15.9. The Bertz CT molecular complexity index is 273. The predicted octanol–water partition coefficient (Wildman–Crippen LogP) is 4.68. The number of likely N-dealkylation sites (N-methyl/N-ethyl adjacent to an activating group) is 1.